The highest BCUT2D eigenvalue weighted by atomic mass is 35.5. The Bertz CT molecular complexity index is 155. The van der Waals surface area contributed by atoms with Crippen molar-refractivity contribution in [2.75, 3.05) is 0 Å². The van der Waals surface area contributed by atoms with Crippen LogP contribution in [0.5, 0.6) is 0 Å². The van der Waals surface area contributed by atoms with Crippen LogP contribution in [0.25, 0.3) is 0 Å². The zero-order valence-corrected chi connectivity index (χ0v) is 6.68. The highest BCUT2D eigenvalue weighted by Crippen LogP contribution is 2.50. The van der Waals surface area contributed by atoms with Crippen molar-refractivity contribution in [3.05, 3.63) is 25.7 Å². The average Bonchev–Trinajstić information content (AvgIpc) is 1.89. The Morgan fingerprint density at radius 3 is 1.90 bits per heavy atom. The topological polar surface area (TPSA) is 44.8 Å². The normalized spacial score (nSPS) is 10.1. The van der Waals surface area contributed by atoms with Gasteiger partial charge in [0.15, 0.2) is 0 Å². The minimum Gasteiger partial charge on any atom is -0.403 e. The first kappa shape index (κ1) is 9.56. The fourth-order valence-electron chi connectivity index (χ4n) is 0.240. The fraction of sp³-hybridized carbons (Fsp3) is 0. The van der Waals surface area contributed by atoms with Gasteiger partial charge in [0.05, 0.1) is 24.4 Å². The van der Waals surface area contributed by atoms with Gasteiger partial charge in [0.25, 0.3) is 0 Å². The highest BCUT2D eigenvalue weighted by molar-refractivity contribution is 7.49. The van der Waals surface area contributed by atoms with Gasteiger partial charge >= 0.3 is 7.82 Å². The Morgan fingerprint density at radius 1 is 1.30 bits per heavy atom. The molecule has 0 rings (SSSR count). The maximum absolute atomic E-state index is 10.8. The van der Waals surface area contributed by atoms with Crippen LogP contribution < -0.4 is 0 Å². The Kier molecular flexibility index (Phi) is 4.19. The molecule has 0 unspecified atom stereocenters. The van der Waals surface area contributed by atoms with Crippen molar-refractivity contribution in [3.8, 4) is 0 Å². The quantitative estimate of drug-likeness (QED) is 0.487. The molecule has 0 bridgehead atoms. The van der Waals surface area contributed by atoms with Crippen molar-refractivity contribution < 1.29 is 17.7 Å². The standard InChI is InChI=1S/C4H6ClO4P/c1-3-7-10(6,9-5)8-4-2/h3-4H,1-2H2. The lowest BCUT2D eigenvalue weighted by molar-refractivity contribution is 0.259. The molecule has 0 amide bonds. The van der Waals surface area contributed by atoms with Crippen LogP contribution in [0.15, 0.2) is 25.7 Å². The molecule has 6 heteroatoms. The predicted octanol–water partition coefficient (Wildman–Crippen LogP) is 2.59. The lowest BCUT2D eigenvalue weighted by atomic mass is 11.2. The van der Waals surface area contributed by atoms with Crippen molar-refractivity contribution in [3.63, 3.8) is 0 Å². The van der Waals surface area contributed by atoms with E-state index in [0.29, 0.717) is 0 Å². The maximum atomic E-state index is 10.8. The number of hydrogen-bond donors (Lipinski definition) is 0. The number of halogens is 1. The SMILES string of the molecule is C=COP(=O)(OCl)OC=C. The molecule has 10 heavy (non-hydrogen) atoms. The summed E-state index contributed by atoms with van der Waals surface area (Å²) in [6, 6.07) is 0. The van der Waals surface area contributed by atoms with Crippen LogP contribution >= 0.6 is 19.7 Å². The highest BCUT2D eigenvalue weighted by Gasteiger charge is 2.26. The van der Waals surface area contributed by atoms with Crippen LogP contribution in [0.3, 0.4) is 0 Å². The molecule has 0 saturated heterocycles. The molecule has 0 fully saturated rings. The molecule has 0 aliphatic rings. The Morgan fingerprint density at radius 2 is 1.70 bits per heavy atom. The zero-order chi connectivity index (χ0) is 8.04. The first-order chi connectivity index (χ1) is 4.68. The monoisotopic (exact) mass is 184 g/mol. The van der Waals surface area contributed by atoms with E-state index in [9.17, 15) is 4.57 Å². The van der Waals surface area contributed by atoms with E-state index in [1.165, 1.54) is 0 Å². The van der Waals surface area contributed by atoms with E-state index >= 15 is 0 Å². The molecule has 0 aromatic heterocycles. The molecule has 0 atom stereocenters. The summed E-state index contributed by atoms with van der Waals surface area (Å²) < 4.78 is 23.3. The van der Waals surface area contributed by atoms with Gasteiger partial charge in [-0.3, -0.25) is 0 Å². The minimum absolute atomic E-state index is 0.895. The van der Waals surface area contributed by atoms with Crippen LogP contribution in [0, 0.1) is 0 Å². The lowest BCUT2D eigenvalue weighted by Gasteiger charge is -2.08. The molecule has 58 valence electrons. The van der Waals surface area contributed by atoms with Crippen LogP contribution in [0.1, 0.15) is 0 Å². The zero-order valence-electron chi connectivity index (χ0n) is 5.03. The molecule has 0 heterocycles. The predicted molar refractivity (Wildman–Crippen MR) is 37.1 cm³/mol. The van der Waals surface area contributed by atoms with Crippen LogP contribution in [0.2, 0.25) is 0 Å². The molecule has 0 aromatic carbocycles. The molecule has 0 aliphatic carbocycles. The first-order valence-corrected chi connectivity index (χ1v) is 3.94. The second kappa shape index (κ2) is 4.39. The van der Waals surface area contributed by atoms with E-state index in [2.05, 4.69) is 26.3 Å². The van der Waals surface area contributed by atoms with Gasteiger partial charge in [0.1, 0.15) is 0 Å². The smallest absolute Gasteiger partial charge is 0.403 e. The second-order valence-electron chi connectivity index (χ2n) is 1.06. The van der Waals surface area contributed by atoms with Crippen molar-refractivity contribution in [1.29, 1.82) is 0 Å². The summed E-state index contributed by atoms with van der Waals surface area (Å²) in [6.45, 7) is 6.26. The summed E-state index contributed by atoms with van der Waals surface area (Å²) in [5, 5.41) is 0. The summed E-state index contributed by atoms with van der Waals surface area (Å²) in [5.41, 5.74) is 0. The van der Waals surface area contributed by atoms with Crippen molar-refractivity contribution in [1.82, 2.24) is 0 Å². The van der Waals surface area contributed by atoms with Gasteiger partial charge in [0.2, 0.25) is 0 Å². The van der Waals surface area contributed by atoms with Gasteiger partial charge < -0.3 is 9.05 Å². The molecular weight excluding hydrogens is 178 g/mol. The molecular formula is C4H6ClO4P. The van der Waals surface area contributed by atoms with E-state index in [0.717, 1.165) is 12.5 Å². The minimum atomic E-state index is -3.67. The van der Waals surface area contributed by atoms with Crippen molar-refractivity contribution in [2.24, 2.45) is 0 Å². The van der Waals surface area contributed by atoms with E-state index in [-0.39, 0.29) is 0 Å². The van der Waals surface area contributed by atoms with Crippen molar-refractivity contribution >= 4 is 19.7 Å². The summed E-state index contributed by atoms with van der Waals surface area (Å²) in [4.78, 5) is 0. The molecule has 0 spiro atoms. The third-order valence-corrected chi connectivity index (χ3v) is 1.98. The van der Waals surface area contributed by atoms with Gasteiger partial charge in [-0.1, -0.05) is 13.2 Å². The molecule has 0 aromatic rings. The summed E-state index contributed by atoms with van der Waals surface area (Å²) in [5.74, 6) is 0. The van der Waals surface area contributed by atoms with Crippen LogP contribution in [-0.2, 0) is 17.7 Å². The number of phosphoric ester groups is 1. The van der Waals surface area contributed by atoms with E-state index in [4.69, 9.17) is 11.9 Å². The molecule has 0 aliphatic heterocycles. The summed E-state index contributed by atoms with van der Waals surface area (Å²) in [6.07, 6.45) is 1.79. The molecule has 0 N–H and O–H groups in total. The second-order valence-corrected chi connectivity index (χ2v) is 2.93. The fourth-order valence-corrected chi connectivity index (χ4v) is 0.915. The number of rotatable bonds is 5. The molecule has 0 radical (unpaired) electrons. The van der Waals surface area contributed by atoms with E-state index < -0.39 is 7.82 Å². The van der Waals surface area contributed by atoms with Crippen LogP contribution in [0.4, 0.5) is 0 Å². The third-order valence-electron chi connectivity index (χ3n) is 0.492. The van der Waals surface area contributed by atoms with Gasteiger partial charge in [-0.05, 0) is 0 Å². The van der Waals surface area contributed by atoms with Gasteiger partial charge in [0, 0.05) is 0 Å². The molecule has 0 saturated carbocycles. The average molecular weight is 185 g/mol. The first-order valence-electron chi connectivity index (χ1n) is 2.17. The van der Waals surface area contributed by atoms with Crippen LogP contribution in [-0.4, -0.2) is 0 Å². The summed E-state index contributed by atoms with van der Waals surface area (Å²) >= 11 is 4.76. The largest absolute Gasteiger partial charge is 0.603 e. The molecule has 4 nitrogen and oxygen atoms in total. The van der Waals surface area contributed by atoms with Gasteiger partial charge in [-0.25, -0.2) is 4.57 Å². The van der Waals surface area contributed by atoms with E-state index in [1.54, 1.807) is 0 Å². The Labute approximate surface area is 63.8 Å². The van der Waals surface area contributed by atoms with Gasteiger partial charge in [-0.2, -0.15) is 4.08 Å². The number of hydrogen-bond acceptors (Lipinski definition) is 4. The van der Waals surface area contributed by atoms with Gasteiger partial charge in [-0.15, -0.1) is 0 Å². The van der Waals surface area contributed by atoms with Crippen molar-refractivity contribution in [2.45, 2.75) is 0 Å². The third kappa shape index (κ3) is 2.92. The lowest BCUT2D eigenvalue weighted by Crippen LogP contribution is -1.83. The maximum Gasteiger partial charge on any atom is 0.603 e. The Hall–Kier alpha value is -0.440. The number of phosphoric acid groups is 1. The Balaban J connectivity index is 4.07. The van der Waals surface area contributed by atoms with E-state index in [1.807, 2.05) is 0 Å². The summed E-state index contributed by atoms with van der Waals surface area (Å²) in [7, 11) is -3.67.